The molecule has 0 heterocycles. The summed E-state index contributed by atoms with van der Waals surface area (Å²) in [5.41, 5.74) is 0. The average molecular weight is 274 g/mol. The number of amides is 1. The Morgan fingerprint density at radius 1 is 1.21 bits per heavy atom. The quantitative estimate of drug-likeness (QED) is 0.330. The van der Waals surface area contributed by atoms with Gasteiger partial charge in [-0.3, -0.25) is 4.79 Å². The van der Waals surface area contributed by atoms with Crippen LogP contribution in [0.5, 0.6) is 0 Å². The van der Waals surface area contributed by atoms with Crippen molar-refractivity contribution >= 4 is 11.9 Å². The van der Waals surface area contributed by atoms with Crippen LogP contribution < -0.4 is 10.6 Å². The first-order chi connectivity index (χ1) is 9.11. The van der Waals surface area contributed by atoms with Crippen LogP contribution in [0.1, 0.15) is 6.92 Å². The number of ether oxygens (including phenoxy) is 2. The van der Waals surface area contributed by atoms with Crippen molar-refractivity contribution in [1.29, 1.82) is 0 Å². The first-order valence-corrected chi connectivity index (χ1v) is 6.40. The first kappa shape index (κ1) is 17.7. The van der Waals surface area contributed by atoms with E-state index >= 15 is 0 Å². The maximum absolute atomic E-state index is 11.4. The molecule has 0 saturated heterocycles. The fourth-order valence-electron chi connectivity index (χ4n) is 1.12. The highest BCUT2D eigenvalue weighted by atomic mass is 16.5. The predicted octanol–water partition coefficient (Wildman–Crippen LogP) is -0.707. The fourth-order valence-corrected chi connectivity index (χ4v) is 1.12. The number of carbonyl (C=O) groups excluding carboxylic acids is 1. The van der Waals surface area contributed by atoms with E-state index in [4.69, 9.17) is 9.47 Å². The molecular formula is C12H26N4O3. The van der Waals surface area contributed by atoms with Crippen molar-refractivity contribution < 1.29 is 14.3 Å². The Kier molecular flexibility index (Phi) is 10.9. The highest BCUT2D eigenvalue weighted by Crippen LogP contribution is 1.82. The van der Waals surface area contributed by atoms with Crippen LogP contribution in [0.4, 0.5) is 0 Å². The third-order valence-electron chi connectivity index (χ3n) is 2.19. The minimum Gasteiger partial charge on any atom is -0.382 e. The van der Waals surface area contributed by atoms with Crippen molar-refractivity contribution in [2.75, 3.05) is 60.7 Å². The third-order valence-corrected chi connectivity index (χ3v) is 2.19. The number of nitrogens with zero attached hydrogens (tertiary/aromatic N) is 2. The summed E-state index contributed by atoms with van der Waals surface area (Å²) in [5.74, 6) is 0.585. The van der Waals surface area contributed by atoms with Crippen LogP contribution in [0.25, 0.3) is 0 Å². The van der Waals surface area contributed by atoms with E-state index in [-0.39, 0.29) is 12.5 Å². The van der Waals surface area contributed by atoms with E-state index < -0.39 is 0 Å². The average Bonchev–Trinajstić information content (AvgIpc) is 2.39. The van der Waals surface area contributed by atoms with Crippen LogP contribution >= 0.6 is 0 Å². The molecule has 0 atom stereocenters. The maximum Gasteiger partial charge on any atom is 0.243 e. The molecule has 0 saturated carbocycles. The zero-order valence-electron chi connectivity index (χ0n) is 12.4. The zero-order valence-corrected chi connectivity index (χ0v) is 12.4. The van der Waals surface area contributed by atoms with Gasteiger partial charge in [0.1, 0.15) is 6.54 Å². The van der Waals surface area contributed by atoms with Crippen LogP contribution in [0.3, 0.4) is 0 Å². The molecule has 0 radical (unpaired) electrons. The molecule has 19 heavy (non-hydrogen) atoms. The van der Waals surface area contributed by atoms with E-state index in [1.807, 2.05) is 6.92 Å². The number of methoxy groups -OCH3 is 1. The molecule has 112 valence electrons. The Bertz CT molecular complexity index is 270. The molecule has 0 rings (SSSR count). The first-order valence-electron chi connectivity index (χ1n) is 6.40. The van der Waals surface area contributed by atoms with Gasteiger partial charge in [-0.1, -0.05) is 0 Å². The lowest BCUT2D eigenvalue weighted by Gasteiger charge is -2.12. The number of likely N-dealkylation sites (N-methyl/N-ethyl adjacent to an activating group) is 1. The van der Waals surface area contributed by atoms with Gasteiger partial charge in [0.2, 0.25) is 5.91 Å². The fraction of sp³-hybridized carbons (Fsp3) is 0.833. The Hall–Kier alpha value is -1.34. The van der Waals surface area contributed by atoms with Gasteiger partial charge in [-0.25, -0.2) is 4.99 Å². The predicted molar refractivity (Wildman–Crippen MR) is 75.4 cm³/mol. The summed E-state index contributed by atoms with van der Waals surface area (Å²) >= 11 is 0. The number of hydrogen-bond donors (Lipinski definition) is 2. The minimum absolute atomic E-state index is 0.0338. The van der Waals surface area contributed by atoms with Crippen LogP contribution in [0, 0.1) is 0 Å². The van der Waals surface area contributed by atoms with Crippen molar-refractivity contribution in [3.63, 3.8) is 0 Å². The second-order valence-electron chi connectivity index (χ2n) is 4.02. The zero-order chi connectivity index (χ0) is 14.5. The van der Waals surface area contributed by atoms with Crippen molar-refractivity contribution in [2.45, 2.75) is 6.92 Å². The molecule has 0 fully saturated rings. The molecule has 0 spiro atoms. The summed E-state index contributed by atoms with van der Waals surface area (Å²) in [6.07, 6.45) is 0. The van der Waals surface area contributed by atoms with E-state index in [1.54, 1.807) is 21.2 Å². The van der Waals surface area contributed by atoms with Gasteiger partial charge in [-0.2, -0.15) is 0 Å². The van der Waals surface area contributed by atoms with Crippen molar-refractivity contribution in [3.8, 4) is 0 Å². The summed E-state index contributed by atoms with van der Waals surface area (Å²) in [5, 5.41) is 6.16. The largest absolute Gasteiger partial charge is 0.382 e. The number of aliphatic imine (C=N–C) groups is 1. The van der Waals surface area contributed by atoms with Gasteiger partial charge in [0.05, 0.1) is 19.8 Å². The molecule has 0 unspecified atom stereocenters. The molecule has 0 aliphatic rings. The summed E-state index contributed by atoms with van der Waals surface area (Å²) in [4.78, 5) is 17.1. The van der Waals surface area contributed by atoms with E-state index in [0.29, 0.717) is 32.3 Å². The Morgan fingerprint density at radius 2 is 1.95 bits per heavy atom. The Morgan fingerprint density at radius 3 is 2.53 bits per heavy atom. The molecule has 1 amide bonds. The lowest BCUT2D eigenvalue weighted by Crippen LogP contribution is -2.40. The third kappa shape index (κ3) is 10.3. The highest BCUT2D eigenvalue weighted by Gasteiger charge is 2.03. The van der Waals surface area contributed by atoms with Crippen LogP contribution in [-0.4, -0.2) is 77.4 Å². The molecule has 0 aromatic rings. The van der Waals surface area contributed by atoms with Gasteiger partial charge in [-0.05, 0) is 6.92 Å². The second kappa shape index (κ2) is 11.7. The monoisotopic (exact) mass is 274 g/mol. The maximum atomic E-state index is 11.4. The normalized spacial score (nSPS) is 11.3. The number of nitrogens with one attached hydrogen (secondary N) is 2. The number of rotatable bonds is 9. The van der Waals surface area contributed by atoms with Crippen LogP contribution in [0.15, 0.2) is 4.99 Å². The molecule has 7 heteroatoms. The minimum atomic E-state index is -0.0338. The van der Waals surface area contributed by atoms with Crippen molar-refractivity contribution in [3.05, 3.63) is 0 Å². The number of carbonyl (C=O) groups is 1. The van der Waals surface area contributed by atoms with E-state index in [2.05, 4.69) is 15.6 Å². The molecule has 0 aliphatic heterocycles. The molecular weight excluding hydrogens is 248 g/mol. The highest BCUT2D eigenvalue weighted by molar-refractivity contribution is 5.84. The van der Waals surface area contributed by atoms with Crippen LogP contribution in [-0.2, 0) is 14.3 Å². The second-order valence-corrected chi connectivity index (χ2v) is 4.02. The molecule has 0 aliphatic carbocycles. The molecule has 0 aromatic heterocycles. The molecule has 0 aromatic carbocycles. The van der Waals surface area contributed by atoms with Gasteiger partial charge < -0.3 is 25.0 Å². The van der Waals surface area contributed by atoms with Gasteiger partial charge in [0, 0.05) is 34.3 Å². The van der Waals surface area contributed by atoms with Gasteiger partial charge in [-0.15, -0.1) is 0 Å². The SMILES string of the molecule is CCNC(=NCC(=O)N(C)C)NCCOCCOC. The number of guanidine groups is 1. The number of hydrogen-bond acceptors (Lipinski definition) is 4. The van der Waals surface area contributed by atoms with Crippen molar-refractivity contribution in [1.82, 2.24) is 15.5 Å². The lowest BCUT2D eigenvalue weighted by atomic mass is 10.5. The summed E-state index contributed by atoms with van der Waals surface area (Å²) in [7, 11) is 5.06. The Balaban J connectivity index is 3.90. The van der Waals surface area contributed by atoms with Crippen LogP contribution in [0.2, 0.25) is 0 Å². The molecule has 2 N–H and O–H groups in total. The van der Waals surface area contributed by atoms with Gasteiger partial charge >= 0.3 is 0 Å². The topological polar surface area (TPSA) is 75.2 Å². The van der Waals surface area contributed by atoms with E-state index in [1.165, 1.54) is 4.90 Å². The Labute approximate surface area is 115 Å². The standard InChI is InChI=1S/C12H26N4O3/c1-5-13-12(15-10-11(17)16(2)3)14-6-7-19-9-8-18-4/h5-10H2,1-4H3,(H2,13,14,15). The van der Waals surface area contributed by atoms with Gasteiger partial charge in [0.15, 0.2) is 5.96 Å². The lowest BCUT2D eigenvalue weighted by molar-refractivity contribution is -0.127. The van der Waals surface area contributed by atoms with E-state index in [9.17, 15) is 4.79 Å². The molecule has 7 nitrogen and oxygen atoms in total. The summed E-state index contributed by atoms with van der Waals surface area (Å²) < 4.78 is 10.2. The van der Waals surface area contributed by atoms with Crippen molar-refractivity contribution in [2.24, 2.45) is 4.99 Å². The van der Waals surface area contributed by atoms with Gasteiger partial charge in [0.25, 0.3) is 0 Å². The molecule has 0 bridgehead atoms. The summed E-state index contributed by atoms with van der Waals surface area (Å²) in [6.45, 7) is 5.21. The summed E-state index contributed by atoms with van der Waals surface area (Å²) in [6, 6.07) is 0. The van der Waals surface area contributed by atoms with E-state index in [0.717, 1.165) is 6.54 Å². The smallest absolute Gasteiger partial charge is 0.243 e.